The summed E-state index contributed by atoms with van der Waals surface area (Å²) < 4.78 is 28.0. The molecule has 0 atom stereocenters. The van der Waals surface area contributed by atoms with E-state index in [9.17, 15) is 8.42 Å². The Morgan fingerprint density at radius 2 is 1.89 bits per heavy atom. The van der Waals surface area contributed by atoms with Gasteiger partial charge < -0.3 is 0 Å². The maximum absolute atomic E-state index is 12.6. The van der Waals surface area contributed by atoms with Crippen LogP contribution < -0.4 is 0 Å². The Bertz CT molecular complexity index is 549. The molecule has 0 bridgehead atoms. The second-order valence-electron chi connectivity index (χ2n) is 4.07. The van der Waals surface area contributed by atoms with Crippen LogP contribution in [0.2, 0.25) is 0 Å². The molecule has 0 heterocycles. The average molecular weight is 434 g/mol. The zero-order valence-electron chi connectivity index (χ0n) is 10.8. The maximum Gasteiger partial charge on any atom is 0.244 e. The first-order valence-corrected chi connectivity index (χ1v) is 9.42. The molecule has 1 aromatic rings. The number of aryl methyl sites for hydroxylation is 1. The smallest absolute Gasteiger partial charge is 0.207 e. The lowest BCUT2D eigenvalue weighted by Crippen LogP contribution is -2.32. The van der Waals surface area contributed by atoms with Gasteiger partial charge in [0, 0.05) is 27.9 Å². The van der Waals surface area contributed by atoms with Crippen molar-refractivity contribution in [3.63, 3.8) is 0 Å². The van der Waals surface area contributed by atoms with Crippen LogP contribution in [-0.2, 0) is 10.0 Å². The van der Waals surface area contributed by atoms with Crippen molar-refractivity contribution in [3.05, 3.63) is 26.6 Å². The number of sulfonamides is 1. The Kier molecular flexibility index (Phi) is 6.79. The van der Waals surface area contributed by atoms with Gasteiger partial charge in [-0.25, -0.2) is 8.42 Å². The van der Waals surface area contributed by atoms with Gasteiger partial charge >= 0.3 is 0 Å². The van der Waals surface area contributed by atoms with Crippen LogP contribution in [0, 0.1) is 6.92 Å². The van der Waals surface area contributed by atoms with E-state index in [1.165, 1.54) is 4.31 Å². The second kappa shape index (κ2) is 7.41. The molecule has 19 heavy (non-hydrogen) atoms. The van der Waals surface area contributed by atoms with Crippen molar-refractivity contribution in [1.29, 1.82) is 0 Å². The van der Waals surface area contributed by atoms with Crippen LogP contribution in [-0.4, -0.2) is 31.7 Å². The minimum absolute atomic E-state index is 0.279. The van der Waals surface area contributed by atoms with Crippen molar-refractivity contribution in [1.82, 2.24) is 4.31 Å². The van der Waals surface area contributed by atoms with Crippen molar-refractivity contribution in [2.24, 2.45) is 0 Å². The van der Waals surface area contributed by atoms with E-state index in [4.69, 9.17) is 11.6 Å². The molecule has 0 amide bonds. The van der Waals surface area contributed by atoms with Crippen LogP contribution in [0.3, 0.4) is 0 Å². The number of nitrogens with zero attached hydrogens (tertiary/aromatic N) is 1. The van der Waals surface area contributed by atoms with Crippen molar-refractivity contribution in [3.8, 4) is 0 Å². The summed E-state index contributed by atoms with van der Waals surface area (Å²) in [6.07, 6.45) is 0.638. The van der Waals surface area contributed by atoms with E-state index in [1.807, 2.05) is 13.8 Å². The fourth-order valence-corrected chi connectivity index (χ4v) is 4.89. The summed E-state index contributed by atoms with van der Waals surface area (Å²) in [7, 11) is -3.50. The molecule has 0 radical (unpaired) electrons. The van der Waals surface area contributed by atoms with Gasteiger partial charge in [0.15, 0.2) is 0 Å². The largest absolute Gasteiger partial charge is 0.244 e. The summed E-state index contributed by atoms with van der Waals surface area (Å²) >= 11 is 12.3. The lowest BCUT2D eigenvalue weighted by atomic mass is 10.2. The summed E-state index contributed by atoms with van der Waals surface area (Å²) in [4.78, 5) is 0.279. The fraction of sp³-hybridized carbons (Fsp3) is 0.500. The summed E-state index contributed by atoms with van der Waals surface area (Å²) in [6, 6.07) is 3.43. The van der Waals surface area contributed by atoms with Gasteiger partial charge in [0.1, 0.15) is 0 Å². The average Bonchev–Trinajstić information content (AvgIpc) is 2.34. The summed E-state index contributed by atoms with van der Waals surface area (Å²) in [5.74, 6) is 0.449. The zero-order chi connectivity index (χ0) is 14.6. The lowest BCUT2D eigenvalue weighted by Gasteiger charge is -2.21. The van der Waals surface area contributed by atoms with Crippen molar-refractivity contribution in [2.75, 3.05) is 19.0 Å². The predicted molar refractivity (Wildman–Crippen MR) is 86.3 cm³/mol. The molecule has 3 nitrogen and oxygen atoms in total. The van der Waals surface area contributed by atoms with Crippen LogP contribution in [0.4, 0.5) is 0 Å². The highest BCUT2D eigenvalue weighted by atomic mass is 79.9. The van der Waals surface area contributed by atoms with E-state index in [1.54, 1.807) is 12.1 Å². The van der Waals surface area contributed by atoms with Crippen LogP contribution in [0.25, 0.3) is 0 Å². The molecule has 0 saturated carbocycles. The number of alkyl halides is 1. The number of hydrogen-bond donors (Lipinski definition) is 0. The van der Waals surface area contributed by atoms with Crippen LogP contribution >= 0.6 is 43.5 Å². The van der Waals surface area contributed by atoms with Crippen LogP contribution in [0.15, 0.2) is 26.0 Å². The van der Waals surface area contributed by atoms with Gasteiger partial charge in [-0.2, -0.15) is 4.31 Å². The minimum atomic E-state index is -3.50. The third-order valence-corrected chi connectivity index (χ3v) is 6.78. The van der Waals surface area contributed by atoms with E-state index < -0.39 is 10.0 Å². The number of rotatable bonds is 6. The predicted octanol–water partition coefficient (Wildman–Crippen LogP) is 4.16. The first-order valence-electron chi connectivity index (χ1n) is 5.86. The van der Waals surface area contributed by atoms with E-state index in [0.29, 0.717) is 29.9 Å². The molecule has 1 rings (SSSR count). The van der Waals surface area contributed by atoms with E-state index in [0.717, 1.165) is 10.0 Å². The normalized spacial score (nSPS) is 12.1. The quantitative estimate of drug-likeness (QED) is 0.632. The molecule has 1 aromatic carbocycles. The zero-order valence-corrected chi connectivity index (χ0v) is 15.5. The Hall–Kier alpha value is 0.380. The van der Waals surface area contributed by atoms with E-state index in [2.05, 4.69) is 31.9 Å². The molecular weight excluding hydrogens is 417 g/mol. The Morgan fingerprint density at radius 3 is 2.42 bits per heavy atom. The number of benzene rings is 1. The molecular formula is C12H16Br2ClNO2S. The standard InChI is InChI=1S/C12H16Br2ClNO2S/c1-3-16(6-4-5-15)19(17,18)12-8-10(13)9(2)7-11(12)14/h7-8H,3-6H2,1-2H3. The summed E-state index contributed by atoms with van der Waals surface area (Å²) in [5.41, 5.74) is 0.981. The highest BCUT2D eigenvalue weighted by Crippen LogP contribution is 2.30. The highest BCUT2D eigenvalue weighted by Gasteiger charge is 2.25. The van der Waals surface area contributed by atoms with Gasteiger partial charge in [-0.1, -0.05) is 22.9 Å². The molecule has 0 N–H and O–H groups in total. The summed E-state index contributed by atoms with van der Waals surface area (Å²) in [6.45, 7) is 4.59. The van der Waals surface area contributed by atoms with Gasteiger partial charge in [0.2, 0.25) is 10.0 Å². The first-order chi connectivity index (χ1) is 8.84. The number of hydrogen-bond acceptors (Lipinski definition) is 2. The maximum atomic E-state index is 12.6. The fourth-order valence-electron chi connectivity index (χ4n) is 1.65. The monoisotopic (exact) mass is 431 g/mol. The second-order valence-corrected chi connectivity index (χ2v) is 8.06. The molecule has 0 aliphatic heterocycles. The topological polar surface area (TPSA) is 37.4 Å². The van der Waals surface area contributed by atoms with Gasteiger partial charge in [-0.05, 0) is 47.0 Å². The van der Waals surface area contributed by atoms with Gasteiger partial charge in [0.05, 0.1) is 4.90 Å². The first kappa shape index (κ1) is 17.4. The lowest BCUT2D eigenvalue weighted by molar-refractivity contribution is 0.427. The molecule has 108 valence electrons. The van der Waals surface area contributed by atoms with Gasteiger partial charge in [0.25, 0.3) is 0 Å². The molecule has 7 heteroatoms. The van der Waals surface area contributed by atoms with Crippen molar-refractivity contribution >= 4 is 53.5 Å². The third-order valence-electron chi connectivity index (χ3n) is 2.72. The minimum Gasteiger partial charge on any atom is -0.207 e. The Morgan fingerprint density at radius 1 is 1.26 bits per heavy atom. The van der Waals surface area contributed by atoms with Gasteiger partial charge in [-0.15, -0.1) is 11.6 Å². The Balaban J connectivity index is 3.22. The molecule has 0 aliphatic rings. The molecule has 0 saturated heterocycles. The molecule has 0 aromatic heterocycles. The van der Waals surface area contributed by atoms with E-state index in [-0.39, 0.29) is 4.90 Å². The van der Waals surface area contributed by atoms with E-state index >= 15 is 0 Å². The van der Waals surface area contributed by atoms with Gasteiger partial charge in [-0.3, -0.25) is 0 Å². The molecule has 0 unspecified atom stereocenters. The molecule has 0 aliphatic carbocycles. The molecule has 0 spiro atoms. The van der Waals surface area contributed by atoms with Crippen LogP contribution in [0.1, 0.15) is 18.9 Å². The molecule has 0 fully saturated rings. The Labute approximate surface area is 136 Å². The SMILES string of the molecule is CCN(CCCCl)S(=O)(=O)c1cc(Br)c(C)cc1Br. The van der Waals surface area contributed by atoms with Crippen LogP contribution in [0.5, 0.6) is 0 Å². The highest BCUT2D eigenvalue weighted by molar-refractivity contribution is 9.11. The van der Waals surface area contributed by atoms with Crippen molar-refractivity contribution in [2.45, 2.75) is 25.2 Å². The third kappa shape index (κ3) is 4.17. The number of halogens is 3. The summed E-state index contributed by atoms with van der Waals surface area (Å²) in [5, 5.41) is 0. The van der Waals surface area contributed by atoms with Crippen molar-refractivity contribution < 1.29 is 8.42 Å².